The van der Waals surface area contributed by atoms with Crippen molar-refractivity contribution in [2.45, 2.75) is 65.0 Å². The Morgan fingerprint density at radius 1 is 1.12 bits per heavy atom. The molecule has 1 heterocycles. The number of carbonyl (C=O) groups excluding carboxylic acids is 2. The van der Waals surface area contributed by atoms with Crippen LogP contribution in [0.2, 0.25) is 10.0 Å². The fourth-order valence-corrected chi connectivity index (χ4v) is 5.67. The molecule has 0 saturated carbocycles. The zero-order valence-electron chi connectivity index (χ0n) is 20.1. The number of likely N-dealkylation sites (tertiary alicyclic amines) is 1. The summed E-state index contributed by atoms with van der Waals surface area (Å²) < 4.78 is 0. The highest BCUT2D eigenvalue weighted by Crippen LogP contribution is 2.52. The summed E-state index contributed by atoms with van der Waals surface area (Å²) in [5, 5.41) is 4.03. The molecule has 0 spiro atoms. The maximum atomic E-state index is 14.2. The van der Waals surface area contributed by atoms with E-state index in [-0.39, 0.29) is 42.2 Å². The van der Waals surface area contributed by atoms with Crippen LogP contribution in [0, 0.1) is 11.3 Å². The quantitative estimate of drug-likeness (QED) is 0.475. The Hall–Kier alpha value is -2.04. The van der Waals surface area contributed by atoms with Gasteiger partial charge in [0.1, 0.15) is 0 Å². The molecule has 0 aromatic heterocycles. The second-order valence-electron chi connectivity index (χ2n) is 9.70. The number of rotatable bonds is 7. The van der Waals surface area contributed by atoms with Crippen LogP contribution in [0.25, 0.3) is 0 Å². The van der Waals surface area contributed by atoms with Crippen molar-refractivity contribution < 1.29 is 9.59 Å². The van der Waals surface area contributed by atoms with E-state index < -0.39 is 5.41 Å². The fourth-order valence-electron chi connectivity index (χ4n) is 5.34. The molecule has 4 atom stereocenters. The molecule has 0 aliphatic carbocycles. The van der Waals surface area contributed by atoms with Gasteiger partial charge in [-0.1, -0.05) is 75.2 Å². The smallest absolute Gasteiger partial charge is 0.229 e. The van der Waals surface area contributed by atoms with Crippen LogP contribution >= 0.6 is 23.2 Å². The van der Waals surface area contributed by atoms with Crippen molar-refractivity contribution >= 4 is 35.0 Å². The number of benzene rings is 2. The van der Waals surface area contributed by atoms with Crippen LogP contribution in [0.3, 0.4) is 0 Å². The number of hydrogen-bond donors (Lipinski definition) is 1. The third-order valence-corrected chi connectivity index (χ3v) is 7.45. The van der Waals surface area contributed by atoms with E-state index in [1.807, 2.05) is 49.4 Å². The van der Waals surface area contributed by atoms with E-state index in [1.165, 1.54) is 0 Å². The average Bonchev–Trinajstić information content (AvgIpc) is 2.77. The summed E-state index contributed by atoms with van der Waals surface area (Å²) in [6.07, 6.45) is 1.53. The molecule has 2 aromatic rings. The van der Waals surface area contributed by atoms with Gasteiger partial charge in [-0.25, -0.2) is 0 Å². The molecular weight excluding hydrogens is 455 g/mol. The van der Waals surface area contributed by atoms with Crippen LogP contribution in [0.5, 0.6) is 0 Å². The molecule has 0 radical (unpaired) electrons. The first kappa shape index (κ1) is 25.6. The minimum atomic E-state index is -0.821. The Balaban J connectivity index is 2.24. The molecule has 6 heteroatoms. The third-order valence-electron chi connectivity index (χ3n) is 6.97. The number of carbonyl (C=O) groups is 2. The van der Waals surface area contributed by atoms with E-state index >= 15 is 0 Å². The molecule has 4 nitrogen and oxygen atoms in total. The SMILES string of the molecule is CCC(C(C)C)N1C(=O)[C@@](C)(CC(=O)NC)C[C@H](c2cccc(Cl)c2)[C@H]1c1ccc(Cl)cc1. The molecule has 1 aliphatic rings. The van der Waals surface area contributed by atoms with Crippen molar-refractivity contribution in [2.75, 3.05) is 7.05 Å². The van der Waals surface area contributed by atoms with Crippen molar-refractivity contribution in [1.82, 2.24) is 10.2 Å². The van der Waals surface area contributed by atoms with E-state index in [4.69, 9.17) is 23.2 Å². The minimum absolute atomic E-state index is 0.0231. The topological polar surface area (TPSA) is 49.4 Å². The molecule has 1 saturated heterocycles. The molecule has 1 aliphatic heterocycles. The molecular formula is C27H34Cl2N2O2. The van der Waals surface area contributed by atoms with Crippen LogP contribution in [-0.4, -0.2) is 29.8 Å². The average molecular weight is 489 g/mol. The Morgan fingerprint density at radius 2 is 1.79 bits per heavy atom. The van der Waals surface area contributed by atoms with Gasteiger partial charge in [0, 0.05) is 35.5 Å². The van der Waals surface area contributed by atoms with Crippen LogP contribution in [0.4, 0.5) is 0 Å². The van der Waals surface area contributed by atoms with Gasteiger partial charge in [-0.05, 0) is 54.2 Å². The van der Waals surface area contributed by atoms with Crippen molar-refractivity contribution in [2.24, 2.45) is 11.3 Å². The first-order valence-corrected chi connectivity index (χ1v) is 12.4. The normalized spacial score (nSPS) is 24.1. The summed E-state index contributed by atoms with van der Waals surface area (Å²) in [5.41, 5.74) is 1.29. The van der Waals surface area contributed by atoms with Crippen LogP contribution in [0.15, 0.2) is 48.5 Å². The highest BCUT2D eigenvalue weighted by Gasteiger charge is 2.52. The molecule has 1 fully saturated rings. The van der Waals surface area contributed by atoms with Gasteiger partial charge >= 0.3 is 0 Å². The van der Waals surface area contributed by atoms with Gasteiger partial charge in [0.2, 0.25) is 11.8 Å². The van der Waals surface area contributed by atoms with Gasteiger partial charge in [0.25, 0.3) is 0 Å². The summed E-state index contributed by atoms with van der Waals surface area (Å²) >= 11 is 12.6. The molecule has 3 rings (SSSR count). The summed E-state index contributed by atoms with van der Waals surface area (Å²) in [6.45, 7) is 8.36. The van der Waals surface area contributed by atoms with Crippen LogP contribution in [0.1, 0.15) is 70.0 Å². The second-order valence-corrected chi connectivity index (χ2v) is 10.6. The Morgan fingerprint density at radius 3 is 2.33 bits per heavy atom. The molecule has 1 N–H and O–H groups in total. The van der Waals surface area contributed by atoms with E-state index in [2.05, 4.69) is 37.1 Å². The van der Waals surface area contributed by atoms with Crippen molar-refractivity contribution in [1.29, 1.82) is 0 Å². The lowest BCUT2D eigenvalue weighted by molar-refractivity contribution is -0.158. The molecule has 2 amide bonds. The van der Waals surface area contributed by atoms with Gasteiger partial charge in [0.15, 0.2) is 0 Å². The number of piperidine rings is 1. The zero-order chi connectivity index (χ0) is 24.3. The lowest BCUT2D eigenvalue weighted by Gasteiger charge is -2.53. The molecule has 2 aromatic carbocycles. The van der Waals surface area contributed by atoms with Gasteiger partial charge in [-0.3, -0.25) is 9.59 Å². The Labute approximate surface area is 207 Å². The molecule has 33 heavy (non-hydrogen) atoms. The summed E-state index contributed by atoms with van der Waals surface area (Å²) in [6, 6.07) is 15.5. The maximum Gasteiger partial charge on any atom is 0.229 e. The molecule has 1 unspecified atom stereocenters. The number of halogens is 2. The fraction of sp³-hybridized carbons (Fsp3) is 0.481. The monoisotopic (exact) mass is 488 g/mol. The largest absolute Gasteiger partial charge is 0.359 e. The summed E-state index contributed by atoms with van der Waals surface area (Å²) in [4.78, 5) is 28.7. The summed E-state index contributed by atoms with van der Waals surface area (Å²) in [5.74, 6) is 0.143. The first-order valence-electron chi connectivity index (χ1n) is 11.7. The number of hydrogen-bond acceptors (Lipinski definition) is 2. The third kappa shape index (κ3) is 5.38. The van der Waals surface area contributed by atoms with Crippen molar-refractivity contribution in [3.63, 3.8) is 0 Å². The van der Waals surface area contributed by atoms with E-state index in [0.29, 0.717) is 16.5 Å². The molecule has 0 bridgehead atoms. The standard InChI is InChI=1S/C27H34Cl2N2O2/c1-6-23(17(2)3)31-25(18-10-12-20(28)13-11-18)22(19-8-7-9-21(29)14-19)15-27(4,26(31)33)16-24(32)30-5/h7-14,17,22-23,25H,6,15-16H2,1-5H3,(H,30,32)/t22-,23?,25-,27-/m1/s1. The number of nitrogens with one attached hydrogen (secondary N) is 1. The van der Waals surface area contributed by atoms with Crippen LogP contribution in [-0.2, 0) is 9.59 Å². The predicted molar refractivity (Wildman–Crippen MR) is 136 cm³/mol. The van der Waals surface area contributed by atoms with Gasteiger partial charge in [-0.15, -0.1) is 0 Å². The highest BCUT2D eigenvalue weighted by atomic mass is 35.5. The van der Waals surface area contributed by atoms with Crippen molar-refractivity contribution in [3.8, 4) is 0 Å². The predicted octanol–water partition coefficient (Wildman–Crippen LogP) is 6.63. The van der Waals surface area contributed by atoms with Gasteiger partial charge in [-0.2, -0.15) is 0 Å². The van der Waals surface area contributed by atoms with Gasteiger partial charge < -0.3 is 10.2 Å². The second kappa shape index (κ2) is 10.5. The zero-order valence-corrected chi connectivity index (χ0v) is 21.6. The number of amides is 2. The van der Waals surface area contributed by atoms with E-state index in [0.717, 1.165) is 17.5 Å². The van der Waals surface area contributed by atoms with E-state index in [1.54, 1.807) is 7.05 Å². The lowest BCUT2D eigenvalue weighted by atomic mass is 9.66. The summed E-state index contributed by atoms with van der Waals surface area (Å²) in [7, 11) is 1.62. The minimum Gasteiger partial charge on any atom is -0.359 e. The lowest BCUT2D eigenvalue weighted by Crippen LogP contribution is -2.57. The highest BCUT2D eigenvalue weighted by molar-refractivity contribution is 6.30. The van der Waals surface area contributed by atoms with Crippen LogP contribution < -0.4 is 5.32 Å². The molecule has 178 valence electrons. The number of nitrogens with zero attached hydrogens (tertiary/aromatic N) is 1. The maximum absolute atomic E-state index is 14.2. The Bertz CT molecular complexity index is 992. The first-order chi connectivity index (χ1) is 15.6. The Kier molecular flexibility index (Phi) is 8.13. The van der Waals surface area contributed by atoms with Gasteiger partial charge in [0.05, 0.1) is 11.5 Å². The van der Waals surface area contributed by atoms with Crippen molar-refractivity contribution in [3.05, 3.63) is 69.7 Å². The van der Waals surface area contributed by atoms with E-state index in [9.17, 15) is 9.59 Å².